The first-order valence-electron chi connectivity index (χ1n) is 10.5. The Labute approximate surface area is 191 Å². The van der Waals surface area contributed by atoms with Crippen molar-refractivity contribution in [3.05, 3.63) is 83.2 Å². The highest BCUT2D eigenvalue weighted by Gasteiger charge is 2.28. The van der Waals surface area contributed by atoms with Gasteiger partial charge in [0.15, 0.2) is 5.58 Å². The van der Waals surface area contributed by atoms with Crippen molar-refractivity contribution in [2.24, 2.45) is 0 Å². The molecule has 0 amide bonds. The van der Waals surface area contributed by atoms with E-state index in [4.69, 9.17) is 13.9 Å². The number of methoxy groups -OCH3 is 2. The Kier molecular flexibility index (Phi) is 6.13. The van der Waals surface area contributed by atoms with Crippen LogP contribution >= 0.6 is 0 Å². The first kappa shape index (κ1) is 22.1. The third-order valence-corrected chi connectivity index (χ3v) is 5.47. The van der Waals surface area contributed by atoms with Crippen LogP contribution in [0.15, 0.2) is 76.5 Å². The lowest BCUT2D eigenvalue weighted by Crippen LogP contribution is -2.27. The maximum absolute atomic E-state index is 12.7. The maximum Gasteiger partial charge on any atom is 0.355 e. The van der Waals surface area contributed by atoms with Gasteiger partial charge in [0.05, 0.1) is 19.8 Å². The second-order valence-electron chi connectivity index (χ2n) is 7.49. The average Bonchev–Trinajstić information content (AvgIpc) is 3.14. The molecule has 1 aliphatic rings. The summed E-state index contributed by atoms with van der Waals surface area (Å²) in [4.78, 5) is 31.5. The molecule has 7 heteroatoms. The first-order valence-corrected chi connectivity index (χ1v) is 10.5. The quantitative estimate of drug-likeness (QED) is 0.520. The number of aryl methyl sites for hydroxylation is 2. The van der Waals surface area contributed by atoms with Gasteiger partial charge in [-0.2, -0.15) is 0 Å². The number of anilines is 1. The number of ether oxygens (including phenoxy) is 2. The van der Waals surface area contributed by atoms with Crippen molar-refractivity contribution in [3.63, 3.8) is 0 Å². The summed E-state index contributed by atoms with van der Waals surface area (Å²) < 4.78 is 15.9. The van der Waals surface area contributed by atoms with Crippen LogP contribution in [0, 0.1) is 6.92 Å². The smallest absolute Gasteiger partial charge is 0.355 e. The number of fused-ring (bicyclic) bond motifs is 1. The number of benzene rings is 2. The highest BCUT2D eigenvalue weighted by molar-refractivity contribution is 6.05. The molecule has 33 heavy (non-hydrogen) atoms. The number of esters is 2. The van der Waals surface area contributed by atoms with Crippen LogP contribution in [-0.4, -0.2) is 31.1 Å². The van der Waals surface area contributed by atoms with Crippen molar-refractivity contribution in [3.8, 4) is 11.5 Å². The fourth-order valence-corrected chi connectivity index (χ4v) is 3.67. The second-order valence-corrected chi connectivity index (χ2v) is 7.49. The summed E-state index contributed by atoms with van der Waals surface area (Å²) >= 11 is 0. The van der Waals surface area contributed by atoms with E-state index in [-0.39, 0.29) is 11.3 Å². The van der Waals surface area contributed by atoms with Gasteiger partial charge in [-0.15, -0.1) is 0 Å². The average molecular weight is 444 g/mol. The van der Waals surface area contributed by atoms with E-state index in [9.17, 15) is 9.59 Å². The zero-order chi connectivity index (χ0) is 23.5. The van der Waals surface area contributed by atoms with Gasteiger partial charge < -0.3 is 18.8 Å². The van der Waals surface area contributed by atoms with E-state index in [0.29, 0.717) is 17.2 Å². The molecule has 168 valence electrons. The Hall–Kier alpha value is -4.13. The van der Waals surface area contributed by atoms with Gasteiger partial charge in [0.25, 0.3) is 0 Å². The molecule has 0 aliphatic carbocycles. The zero-order valence-corrected chi connectivity index (χ0v) is 18.9. The van der Waals surface area contributed by atoms with Crippen LogP contribution < -0.4 is 4.90 Å². The molecule has 0 fully saturated rings. The summed E-state index contributed by atoms with van der Waals surface area (Å²) in [5.41, 5.74) is 5.09. The zero-order valence-electron chi connectivity index (χ0n) is 18.9. The normalized spacial score (nSPS) is 13.4. The summed E-state index contributed by atoms with van der Waals surface area (Å²) in [7, 11) is 2.54. The Balaban J connectivity index is 1.86. The van der Waals surface area contributed by atoms with Crippen LogP contribution in [0.25, 0.3) is 22.6 Å². The van der Waals surface area contributed by atoms with E-state index >= 15 is 0 Å². The highest BCUT2D eigenvalue weighted by Crippen LogP contribution is 2.34. The molecule has 1 aliphatic heterocycles. The lowest BCUT2D eigenvalue weighted by atomic mass is 10.1. The first-order chi connectivity index (χ1) is 16.0. The van der Waals surface area contributed by atoms with E-state index < -0.39 is 11.9 Å². The van der Waals surface area contributed by atoms with E-state index in [2.05, 4.69) is 11.9 Å². The second kappa shape index (κ2) is 9.16. The van der Waals surface area contributed by atoms with Crippen molar-refractivity contribution in [2.75, 3.05) is 19.1 Å². The summed E-state index contributed by atoms with van der Waals surface area (Å²) in [6.45, 7) is 4.00. The van der Waals surface area contributed by atoms with E-state index in [1.807, 2.05) is 43.3 Å². The number of carbonyl (C=O) groups excluding carboxylic acids is 2. The van der Waals surface area contributed by atoms with Crippen LogP contribution in [0.3, 0.4) is 0 Å². The molecule has 0 bridgehead atoms. The lowest BCUT2D eigenvalue weighted by molar-refractivity contribution is -0.139. The summed E-state index contributed by atoms with van der Waals surface area (Å²) in [5, 5.41) is 0. The molecule has 7 nitrogen and oxygen atoms in total. The van der Waals surface area contributed by atoms with Gasteiger partial charge in [0.1, 0.15) is 11.2 Å². The largest absolute Gasteiger partial charge is 0.465 e. The lowest BCUT2D eigenvalue weighted by Gasteiger charge is -2.25. The number of aromatic nitrogens is 1. The maximum atomic E-state index is 12.7. The molecule has 2 heterocycles. The molecular formula is C26H24N2O5. The summed E-state index contributed by atoms with van der Waals surface area (Å²) in [5.74, 6) is -0.835. The van der Waals surface area contributed by atoms with Crippen molar-refractivity contribution in [1.29, 1.82) is 0 Å². The molecule has 0 saturated heterocycles. The SMILES string of the molecule is CCc1ccc2oc(-c3ccc(C)c(N4C=CC=CC(C(=O)OC)=C4C(=O)OC)c3)nc2c1. The van der Waals surface area contributed by atoms with E-state index in [1.54, 1.807) is 23.3 Å². The predicted molar refractivity (Wildman–Crippen MR) is 125 cm³/mol. The summed E-state index contributed by atoms with van der Waals surface area (Å²) in [6, 6.07) is 11.6. The highest BCUT2D eigenvalue weighted by atomic mass is 16.5. The molecule has 0 unspecified atom stereocenters. The van der Waals surface area contributed by atoms with Crippen LogP contribution in [0.5, 0.6) is 0 Å². The van der Waals surface area contributed by atoms with Gasteiger partial charge in [0, 0.05) is 17.5 Å². The van der Waals surface area contributed by atoms with Gasteiger partial charge >= 0.3 is 11.9 Å². The number of hydrogen-bond acceptors (Lipinski definition) is 7. The molecule has 0 spiro atoms. The van der Waals surface area contributed by atoms with Crippen LogP contribution in [0.4, 0.5) is 5.69 Å². The Bertz CT molecular complexity index is 1330. The third kappa shape index (κ3) is 4.17. The minimum atomic E-state index is -0.662. The number of hydrogen-bond donors (Lipinski definition) is 0. The van der Waals surface area contributed by atoms with Crippen LogP contribution in [0.1, 0.15) is 18.1 Å². The fraction of sp³-hybridized carbons (Fsp3) is 0.192. The molecule has 4 rings (SSSR count). The standard InChI is InChI=1S/C26H24N2O5/c1-5-17-10-12-22-20(14-17)27-24(33-22)18-11-9-16(2)21(15-18)28-13-7-6-8-19(25(29)31-3)23(28)26(30)32-4/h6-15H,5H2,1-4H3. The molecule has 3 aromatic rings. The minimum Gasteiger partial charge on any atom is -0.465 e. The van der Waals surface area contributed by atoms with E-state index in [1.165, 1.54) is 25.9 Å². The van der Waals surface area contributed by atoms with Gasteiger partial charge in [0.2, 0.25) is 5.89 Å². The molecule has 0 N–H and O–H groups in total. The monoisotopic (exact) mass is 444 g/mol. The van der Waals surface area contributed by atoms with Crippen LogP contribution in [0.2, 0.25) is 0 Å². The molecule has 0 atom stereocenters. The van der Waals surface area contributed by atoms with E-state index in [0.717, 1.165) is 23.1 Å². The summed E-state index contributed by atoms with van der Waals surface area (Å²) in [6.07, 6.45) is 7.54. The van der Waals surface area contributed by atoms with Gasteiger partial charge in [-0.25, -0.2) is 14.6 Å². The molecule has 2 aromatic carbocycles. The predicted octanol–water partition coefficient (Wildman–Crippen LogP) is 4.86. The Morgan fingerprint density at radius 1 is 1.03 bits per heavy atom. The number of allylic oxidation sites excluding steroid dienone is 2. The molecule has 0 radical (unpaired) electrons. The number of nitrogens with zero attached hydrogens (tertiary/aromatic N) is 2. The Morgan fingerprint density at radius 3 is 2.55 bits per heavy atom. The van der Waals surface area contributed by atoms with Crippen molar-refractivity contribution in [2.45, 2.75) is 20.3 Å². The third-order valence-electron chi connectivity index (χ3n) is 5.47. The van der Waals surface area contributed by atoms with Crippen molar-refractivity contribution >= 4 is 28.7 Å². The molecule has 0 saturated carbocycles. The molecule has 1 aromatic heterocycles. The molecular weight excluding hydrogens is 420 g/mol. The van der Waals surface area contributed by atoms with Crippen molar-refractivity contribution < 1.29 is 23.5 Å². The van der Waals surface area contributed by atoms with Gasteiger partial charge in [-0.05, 0) is 60.9 Å². The van der Waals surface area contributed by atoms with Gasteiger partial charge in [-0.3, -0.25) is 0 Å². The fourth-order valence-electron chi connectivity index (χ4n) is 3.67. The number of carbonyl (C=O) groups is 2. The minimum absolute atomic E-state index is 0.0553. The van der Waals surface area contributed by atoms with Gasteiger partial charge in [-0.1, -0.05) is 25.1 Å². The topological polar surface area (TPSA) is 81.9 Å². The number of oxazole rings is 1. The van der Waals surface area contributed by atoms with Crippen LogP contribution in [-0.2, 0) is 25.5 Å². The Morgan fingerprint density at radius 2 is 1.82 bits per heavy atom. The number of rotatable bonds is 5. The van der Waals surface area contributed by atoms with Crippen molar-refractivity contribution in [1.82, 2.24) is 4.98 Å².